The van der Waals surface area contributed by atoms with Crippen molar-refractivity contribution in [3.8, 4) is 0 Å². The number of nitro groups is 1. The summed E-state index contributed by atoms with van der Waals surface area (Å²) in [4.78, 5) is 10.0. The average Bonchev–Trinajstić information content (AvgIpc) is 2.17. The van der Waals surface area contributed by atoms with Crippen LogP contribution in [0.5, 0.6) is 0 Å². The first-order valence-electron chi connectivity index (χ1n) is 4.03. The lowest BCUT2D eigenvalue weighted by Gasteiger charge is -2.30. The van der Waals surface area contributed by atoms with Gasteiger partial charge in [0.1, 0.15) is 5.92 Å². The van der Waals surface area contributed by atoms with Gasteiger partial charge in [-0.1, -0.05) is 18.2 Å². The van der Waals surface area contributed by atoms with Gasteiger partial charge in [0.05, 0.1) is 11.9 Å². The molecule has 0 aromatic rings. The number of nitrogens with zero attached hydrogens (tertiary/aromatic N) is 1. The van der Waals surface area contributed by atoms with Gasteiger partial charge in [-0.15, -0.1) is 0 Å². The van der Waals surface area contributed by atoms with Crippen molar-refractivity contribution in [1.29, 1.82) is 0 Å². The predicted molar refractivity (Wildman–Crippen MR) is 50.1 cm³/mol. The monoisotopic (exact) mass is 219 g/mol. The Bertz CT molecular complexity index is 291. The van der Waals surface area contributed by atoms with Crippen LogP contribution in [0.4, 0.5) is 0 Å². The van der Waals surface area contributed by atoms with E-state index in [9.17, 15) is 15.2 Å². The normalized spacial score (nSPS) is 32.9. The molecule has 0 saturated heterocycles. The molecule has 0 spiro atoms. The van der Waals surface area contributed by atoms with Crippen molar-refractivity contribution in [2.24, 2.45) is 5.92 Å². The fourth-order valence-corrected chi connectivity index (χ4v) is 1.50. The van der Waals surface area contributed by atoms with Gasteiger partial charge in [0.25, 0.3) is 0 Å². The molecule has 6 heteroatoms. The van der Waals surface area contributed by atoms with Crippen molar-refractivity contribution in [3.63, 3.8) is 0 Å². The quantitative estimate of drug-likeness (QED) is 0.441. The summed E-state index contributed by atoms with van der Waals surface area (Å²) in [6.07, 6.45) is 5.90. The minimum atomic E-state index is -1.80. The third-order valence-corrected chi connectivity index (χ3v) is 2.47. The van der Waals surface area contributed by atoms with E-state index in [0.717, 1.165) is 0 Å². The Hall–Kier alpha value is -0.910. The van der Waals surface area contributed by atoms with E-state index in [4.69, 9.17) is 11.9 Å². The van der Waals surface area contributed by atoms with E-state index in [2.05, 4.69) is 4.29 Å². The van der Waals surface area contributed by atoms with Gasteiger partial charge in [-0.05, 0) is 6.08 Å². The minimum absolute atomic E-state index is 0.491. The van der Waals surface area contributed by atoms with Gasteiger partial charge in [-0.25, -0.2) is 4.29 Å². The second-order valence-corrected chi connectivity index (χ2v) is 3.28. The number of hydrogen-bond donors (Lipinski definition) is 1. The van der Waals surface area contributed by atoms with Crippen molar-refractivity contribution in [2.75, 3.05) is 0 Å². The molecule has 3 unspecified atom stereocenters. The van der Waals surface area contributed by atoms with Gasteiger partial charge in [0.15, 0.2) is 0 Å². The van der Waals surface area contributed by atoms with E-state index in [-0.39, 0.29) is 0 Å². The summed E-state index contributed by atoms with van der Waals surface area (Å²) in [5.74, 6) is -2.59. The SMILES string of the molecule is CC(C1C=CC=CC1(O)OCl)[N+](=O)[O-]. The van der Waals surface area contributed by atoms with Crippen molar-refractivity contribution >= 4 is 11.9 Å². The van der Waals surface area contributed by atoms with Crippen LogP contribution in [0.1, 0.15) is 6.92 Å². The molecule has 0 bridgehead atoms. The molecular weight excluding hydrogens is 210 g/mol. The number of aliphatic hydroxyl groups is 1. The van der Waals surface area contributed by atoms with Crippen LogP contribution in [-0.4, -0.2) is 21.9 Å². The van der Waals surface area contributed by atoms with Gasteiger partial charge in [-0.3, -0.25) is 10.1 Å². The Labute approximate surface area is 85.9 Å². The number of halogens is 1. The second-order valence-electron chi connectivity index (χ2n) is 3.12. The molecule has 1 aliphatic rings. The van der Waals surface area contributed by atoms with Crippen LogP contribution in [0.15, 0.2) is 24.3 Å². The Morgan fingerprint density at radius 1 is 1.71 bits per heavy atom. The van der Waals surface area contributed by atoms with Crippen molar-refractivity contribution in [1.82, 2.24) is 0 Å². The predicted octanol–water partition coefficient (Wildman–Crippen LogP) is 1.25. The third-order valence-electron chi connectivity index (χ3n) is 2.22. The van der Waals surface area contributed by atoms with E-state index in [1.807, 2.05) is 0 Å². The third kappa shape index (κ3) is 1.95. The fourth-order valence-electron chi connectivity index (χ4n) is 1.34. The first-order chi connectivity index (χ1) is 6.51. The molecule has 1 aliphatic carbocycles. The van der Waals surface area contributed by atoms with Crippen LogP contribution in [-0.2, 0) is 4.29 Å². The summed E-state index contributed by atoms with van der Waals surface area (Å²) in [5.41, 5.74) is 0. The minimum Gasteiger partial charge on any atom is -0.361 e. The lowest BCUT2D eigenvalue weighted by atomic mass is 9.88. The molecule has 5 nitrogen and oxygen atoms in total. The van der Waals surface area contributed by atoms with E-state index in [0.29, 0.717) is 0 Å². The lowest BCUT2D eigenvalue weighted by molar-refractivity contribution is -0.531. The fraction of sp³-hybridized carbons (Fsp3) is 0.500. The van der Waals surface area contributed by atoms with Crippen LogP contribution in [0, 0.1) is 16.0 Å². The van der Waals surface area contributed by atoms with E-state index >= 15 is 0 Å². The van der Waals surface area contributed by atoms with Gasteiger partial charge < -0.3 is 5.11 Å². The molecule has 14 heavy (non-hydrogen) atoms. The summed E-state index contributed by atoms with van der Waals surface area (Å²) in [6.45, 7) is 1.38. The van der Waals surface area contributed by atoms with Gasteiger partial charge in [0.2, 0.25) is 11.8 Å². The van der Waals surface area contributed by atoms with Gasteiger partial charge >= 0.3 is 0 Å². The van der Waals surface area contributed by atoms with Crippen molar-refractivity contribution in [2.45, 2.75) is 18.8 Å². The summed E-state index contributed by atoms with van der Waals surface area (Å²) in [5, 5.41) is 20.3. The molecule has 1 N–H and O–H groups in total. The van der Waals surface area contributed by atoms with Crippen molar-refractivity contribution in [3.05, 3.63) is 34.4 Å². The Morgan fingerprint density at radius 2 is 2.36 bits per heavy atom. The summed E-state index contributed by atoms with van der Waals surface area (Å²) < 4.78 is 4.35. The highest BCUT2D eigenvalue weighted by Gasteiger charge is 2.44. The van der Waals surface area contributed by atoms with Crippen LogP contribution in [0.25, 0.3) is 0 Å². The molecule has 1 rings (SSSR count). The highest BCUT2D eigenvalue weighted by Crippen LogP contribution is 2.30. The zero-order chi connectivity index (χ0) is 10.8. The maximum atomic E-state index is 10.5. The lowest BCUT2D eigenvalue weighted by Crippen LogP contribution is -2.44. The van der Waals surface area contributed by atoms with Crippen LogP contribution >= 0.6 is 11.9 Å². The average molecular weight is 220 g/mol. The molecule has 0 aromatic carbocycles. The number of rotatable bonds is 3. The molecule has 0 saturated carbocycles. The number of allylic oxidation sites excluding steroid dienone is 2. The summed E-state index contributed by atoms with van der Waals surface area (Å²) in [7, 11) is 0. The smallest absolute Gasteiger partial charge is 0.222 e. The largest absolute Gasteiger partial charge is 0.361 e. The molecule has 0 aliphatic heterocycles. The molecule has 0 aromatic heterocycles. The zero-order valence-electron chi connectivity index (χ0n) is 7.46. The molecule has 0 fully saturated rings. The summed E-state index contributed by atoms with van der Waals surface area (Å²) >= 11 is 5.11. The Kier molecular flexibility index (Phi) is 3.25. The van der Waals surface area contributed by atoms with Gasteiger partial charge in [-0.2, -0.15) is 0 Å². The van der Waals surface area contributed by atoms with Crippen LogP contribution in [0.3, 0.4) is 0 Å². The maximum absolute atomic E-state index is 10.5. The first-order valence-corrected chi connectivity index (χ1v) is 4.34. The standard InChI is InChI=1S/C8H10ClNO4/c1-6(10(12)13)7-4-2-3-5-8(7,11)14-9/h2-7,11H,1H3. The molecular formula is C8H10ClNO4. The summed E-state index contributed by atoms with van der Waals surface area (Å²) in [6, 6.07) is -0.972. The molecule has 0 amide bonds. The topological polar surface area (TPSA) is 72.6 Å². The first kappa shape index (κ1) is 11.2. The highest BCUT2D eigenvalue weighted by molar-refractivity contribution is 6.07. The molecule has 78 valence electrons. The molecule has 0 heterocycles. The number of hydrogen-bond acceptors (Lipinski definition) is 4. The van der Waals surface area contributed by atoms with E-state index in [1.165, 1.54) is 25.2 Å². The van der Waals surface area contributed by atoms with E-state index < -0.39 is 22.7 Å². The van der Waals surface area contributed by atoms with Crippen LogP contribution in [0.2, 0.25) is 0 Å². The maximum Gasteiger partial charge on any atom is 0.222 e. The van der Waals surface area contributed by atoms with Crippen molar-refractivity contribution < 1.29 is 14.3 Å². The van der Waals surface area contributed by atoms with E-state index in [1.54, 1.807) is 6.08 Å². The Balaban J connectivity index is 2.91. The van der Waals surface area contributed by atoms with Gasteiger partial charge in [0, 0.05) is 11.8 Å². The highest BCUT2D eigenvalue weighted by atomic mass is 35.5. The Morgan fingerprint density at radius 3 is 2.86 bits per heavy atom. The second kappa shape index (κ2) is 4.08. The molecule has 3 atom stereocenters. The zero-order valence-corrected chi connectivity index (χ0v) is 8.22. The molecule has 0 radical (unpaired) electrons. The van der Waals surface area contributed by atoms with Crippen LogP contribution < -0.4 is 0 Å².